The van der Waals surface area contributed by atoms with Gasteiger partial charge in [-0.3, -0.25) is 9.79 Å². The Labute approximate surface area is 107 Å². The van der Waals surface area contributed by atoms with Gasteiger partial charge in [-0.25, -0.2) is 0 Å². The highest BCUT2D eigenvalue weighted by Crippen LogP contribution is 2.18. The molecule has 1 heterocycles. The van der Waals surface area contributed by atoms with Crippen LogP contribution < -0.4 is 15.7 Å². The third-order valence-electron chi connectivity index (χ3n) is 2.31. The molecule has 0 fully saturated rings. The largest absolute Gasteiger partial charge is 0.479 e. The molecule has 0 atom stereocenters. The van der Waals surface area contributed by atoms with Crippen LogP contribution in [-0.2, 0) is 11.8 Å². The van der Waals surface area contributed by atoms with Crippen LogP contribution in [0.2, 0.25) is 0 Å². The second-order valence-corrected chi connectivity index (χ2v) is 3.85. The summed E-state index contributed by atoms with van der Waals surface area (Å²) in [4.78, 5) is 20.1. The summed E-state index contributed by atoms with van der Waals surface area (Å²) in [6.45, 7) is 4.54. The lowest BCUT2D eigenvalue weighted by atomic mass is 10.3. The standard InChI is InChI=1S/C12H20N4O2/c1-5-7-10(17)14-9-8-16(3)12(13-6-2)15-11(9)18-4/h8H,5-7H2,1-4H3,(H,14,17). The van der Waals surface area contributed by atoms with Crippen LogP contribution in [0.1, 0.15) is 26.7 Å². The molecule has 6 heteroatoms. The fraction of sp³-hybridized carbons (Fsp3) is 0.583. The van der Waals surface area contributed by atoms with E-state index in [0.717, 1.165) is 6.42 Å². The lowest BCUT2D eigenvalue weighted by molar-refractivity contribution is -0.116. The number of methoxy groups -OCH3 is 1. The van der Waals surface area contributed by atoms with Gasteiger partial charge in [-0.2, -0.15) is 4.98 Å². The molecule has 0 radical (unpaired) electrons. The Kier molecular flexibility index (Phi) is 5.35. The van der Waals surface area contributed by atoms with E-state index in [9.17, 15) is 4.79 Å². The normalized spacial score (nSPS) is 11.4. The Morgan fingerprint density at radius 1 is 1.56 bits per heavy atom. The highest BCUT2D eigenvalue weighted by molar-refractivity contribution is 5.91. The molecule has 0 aromatic carbocycles. The summed E-state index contributed by atoms with van der Waals surface area (Å²) >= 11 is 0. The van der Waals surface area contributed by atoms with Crippen molar-refractivity contribution in [1.29, 1.82) is 0 Å². The van der Waals surface area contributed by atoms with E-state index in [1.807, 2.05) is 20.9 Å². The number of carbonyl (C=O) groups is 1. The van der Waals surface area contributed by atoms with Crippen molar-refractivity contribution < 1.29 is 9.53 Å². The zero-order chi connectivity index (χ0) is 13.5. The molecular weight excluding hydrogens is 232 g/mol. The average Bonchev–Trinajstić information content (AvgIpc) is 2.33. The predicted octanol–water partition coefficient (Wildman–Crippen LogP) is 1.09. The van der Waals surface area contributed by atoms with Crippen molar-refractivity contribution in [3.63, 3.8) is 0 Å². The maximum Gasteiger partial charge on any atom is 0.242 e. The Morgan fingerprint density at radius 2 is 2.28 bits per heavy atom. The summed E-state index contributed by atoms with van der Waals surface area (Å²) in [6, 6.07) is 0. The first kappa shape index (κ1) is 14.2. The lowest BCUT2D eigenvalue weighted by Crippen LogP contribution is -2.24. The number of nitrogens with one attached hydrogen (secondary N) is 1. The van der Waals surface area contributed by atoms with Crippen molar-refractivity contribution in [1.82, 2.24) is 9.55 Å². The molecule has 0 aliphatic carbocycles. The summed E-state index contributed by atoms with van der Waals surface area (Å²) < 4.78 is 6.92. The van der Waals surface area contributed by atoms with E-state index in [4.69, 9.17) is 4.74 Å². The molecule has 0 unspecified atom stereocenters. The number of amides is 1. The van der Waals surface area contributed by atoms with Gasteiger partial charge in [0, 0.05) is 26.2 Å². The Bertz CT molecular complexity index is 479. The maximum atomic E-state index is 11.6. The molecule has 18 heavy (non-hydrogen) atoms. The zero-order valence-electron chi connectivity index (χ0n) is 11.4. The van der Waals surface area contributed by atoms with Crippen LogP contribution in [0.3, 0.4) is 0 Å². The van der Waals surface area contributed by atoms with E-state index in [1.165, 1.54) is 7.11 Å². The lowest BCUT2D eigenvalue weighted by Gasteiger charge is -2.11. The number of rotatable bonds is 5. The molecule has 6 nitrogen and oxygen atoms in total. The number of ether oxygens (including phenoxy) is 1. The van der Waals surface area contributed by atoms with Gasteiger partial charge >= 0.3 is 0 Å². The smallest absolute Gasteiger partial charge is 0.242 e. The Hall–Kier alpha value is -1.85. The fourth-order valence-corrected chi connectivity index (χ4v) is 1.51. The molecular formula is C12H20N4O2. The van der Waals surface area contributed by atoms with Crippen molar-refractivity contribution in [3.8, 4) is 5.88 Å². The van der Waals surface area contributed by atoms with Crippen LogP contribution in [0.4, 0.5) is 5.69 Å². The van der Waals surface area contributed by atoms with Crippen molar-refractivity contribution in [2.45, 2.75) is 26.7 Å². The topological polar surface area (TPSA) is 68.5 Å². The molecule has 0 spiro atoms. The molecule has 0 saturated carbocycles. The molecule has 1 amide bonds. The van der Waals surface area contributed by atoms with Crippen molar-refractivity contribution in [3.05, 3.63) is 11.8 Å². The first-order valence-electron chi connectivity index (χ1n) is 6.04. The van der Waals surface area contributed by atoms with E-state index in [-0.39, 0.29) is 5.91 Å². The number of carbonyl (C=O) groups excluding carboxylic acids is 1. The van der Waals surface area contributed by atoms with Crippen LogP contribution in [0.5, 0.6) is 5.88 Å². The Morgan fingerprint density at radius 3 is 2.83 bits per heavy atom. The van der Waals surface area contributed by atoms with Gasteiger partial charge in [0.2, 0.25) is 17.4 Å². The van der Waals surface area contributed by atoms with Crippen LogP contribution in [0, 0.1) is 0 Å². The highest BCUT2D eigenvalue weighted by Gasteiger charge is 2.09. The molecule has 1 aromatic heterocycles. The molecule has 0 bridgehead atoms. The molecule has 100 valence electrons. The Balaban J connectivity index is 3.09. The molecule has 0 aliphatic heterocycles. The second-order valence-electron chi connectivity index (χ2n) is 3.85. The third-order valence-corrected chi connectivity index (χ3v) is 2.31. The van der Waals surface area contributed by atoms with Gasteiger partial charge in [0.05, 0.1) is 7.11 Å². The van der Waals surface area contributed by atoms with E-state index in [1.54, 1.807) is 10.8 Å². The number of anilines is 1. The minimum absolute atomic E-state index is 0.0437. The molecule has 1 rings (SSSR count). The molecule has 1 aromatic rings. The van der Waals surface area contributed by atoms with Crippen LogP contribution in [0.25, 0.3) is 0 Å². The minimum atomic E-state index is -0.0437. The average molecular weight is 252 g/mol. The quantitative estimate of drug-likeness (QED) is 0.852. The number of aromatic nitrogens is 2. The van der Waals surface area contributed by atoms with Gasteiger partial charge in [0.15, 0.2) is 0 Å². The maximum absolute atomic E-state index is 11.6. The van der Waals surface area contributed by atoms with E-state index < -0.39 is 0 Å². The fourth-order valence-electron chi connectivity index (χ4n) is 1.51. The minimum Gasteiger partial charge on any atom is -0.479 e. The van der Waals surface area contributed by atoms with E-state index >= 15 is 0 Å². The van der Waals surface area contributed by atoms with Crippen molar-refractivity contribution >= 4 is 11.6 Å². The van der Waals surface area contributed by atoms with Gasteiger partial charge < -0.3 is 14.6 Å². The van der Waals surface area contributed by atoms with Crippen LogP contribution in [-0.4, -0.2) is 29.1 Å². The zero-order valence-corrected chi connectivity index (χ0v) is 11.4. The number of aryl methyl sites for hydroxylation is 1. The van der Waals surface area contributed by atoms with Gasteiger partial charge in [0.25, 0.3) is 0 Å². The molecule has 0 saturated heterocycles. The van der Waals surface area contributed by atoms with Gasteiger partial charge in [-0.15, -0.1) is 0 Å². The second kappa shape index (κ2) is 6.78. The molecule has 0 aliphatic rings. The number of nitrogens with zero attached hydrogens (tertiary/aromatic N) is 3. The van der Waals surface area contributed by atoms with E-state index in [0.29, 0.717) is 30.2 Å². The van der Waals surface area contributed by atoms with Crippen LogP contribution >= 0.6 is 0 Å². The van der Waals surface area contributed by atoms with E-state index in [2.05, 4.69) is 15.3 Å². The summed E-state index contributed by atoms with van der Waals surface area (Å²) in [5.74, 6) is 0.336. The summed E-state index contributed by atoms with van der Waals surface area (Å²) in [5, 5.41) is 2.78. The monoisotopic (exact) mass is 252 g/mol. The first-order valence-corrected chi connectivity index (χ1v) is 6.04. The van der Waals surface area contributed by atoms with Crippen molar-refractivity contribution in [2.24, 2.45) is 12.0 Å². The first-order chi connectivity index (χ1) is 8.62. The van der Waals surface area contributed by atoms with Gasteiger partial charge in [-0.1, -0.05) is 6.92 Å². The number of hydrogen-bond donors (Lipinski definition) is 1. The predicted molar refractivity (Wildman–Crippen MR) is 69.4 cm³/mol. The van der Waals surface area contributed by atoms with Gasteiger partial charge in [-0.05, 0) is 13.3 Å². The summed E-state index contributed by atoms with van der Waals surface area (Å²) in [5.41, 5.74) is 1.14. The SMILES string of the molecule is CCCC(=O)Nc1cn(C)c(=NCC)nc1OC. The highest BCUT2D eigenvalue weighted by atomic mass is 16.5. The number of hydrogen-bond acceptors (Lipinski definition) is 4. The van der Waals surface area contributed by atoms with Crippen LogP contribution in [0.15, 0.2) is 11.2 Å². The molecule has 1 N–H and O–H groups in total. The van der Waals surface area contributed by atoms with Crippen molar-refractivity contribution in [2.75, 3.05) is 19.0 Å². The third kappa shape index (κ3) is 3.58. The summed E-state index contributed by atoms with van der Waals surface area (Å²) in [7, 11) is 3.35. The van der Waals surface area contributed by atoms with Gasteiger partial charge in [0.1, 0.15) is 5.69 Å². The summed E-state index contributed by atoms with van der Waals surface area (Å²) in [6.07, 6.45) is 3.04.